The fourth-order valence-electron chi connectivity index (χ4n) is 2.82. The van der Waals surface area contributed by atoms with Gasteiger partial charge in [-0.1, -0.05) is 20.8 Å². The standard InChI is InChI=1S/C24H20Cl2O4/c1-24(2,3)20-14-19(29-17-8-4-15(5-9-17)22(25)27)12-13-21(20)30-18-10-6-16(7-11-18)23(26)28/h4-14H,1-3H3. The van der Waals surface area contributed by atoms with Crippen LogP contribution >= 0.6 is 23.2 Å². The monoisotopic (exact) mass is 442 g/mol. The van der Waals surface area contributed by atoms with Gasteiger partial charge in [-0.2, -0.15) is 0 Å². The van der Waals surface area contributed by atoms with Gasteiger partial charge in [0.15, 0.2) is 0 Å². The van der Waals surface area contributed by atoms with Crippen LogP contribution in [0.1, 0.15) is 47.1 Å². The molecule has 154 valence electrons. The van der Waals surface area contributed by atoms with Crippen LogP contribution in [-0.2, 0) is 5.41 Å². The molecule has 0 heterocycles. The van der Waals surface area contributed by atoms with Crippen LogP contribution < -0.4 is 9.47 Å². The smallest absolute Gasteiger partial charge is 0.252 e. The van der Waals surface area contributed by atoms with Crippen LogP contribution in [0.25, 0.3) is 0 Å². The van der Waals surface area contributed by atoms with Crippen molar-refractivity contribution < 1.29 is 19.1 Å². The van der Waals surface area contributed by atoms with Gasteiger partial charge in [-0.15, -0.1) is 0 Å². The summed E-state index contributed by atoms with van der Waals surface area (Å²) in [6, 6.07) is 18.8. The minimum atomic E-state index is -0.512. The van der Waals surface area contributed by atoms with Gasteiger partial charge >= 0.3 is 0 Å². The van der Waals surface area contributed by atoms with E-state index in [1.807, 2.05) is 18.2 Å². The molecule has 0 fully saturated rings. The molecule has 0 bridgehead atoms. The van der Waals surface area contributed by atoms with Crippen LogP contribution in [0.15, 0.2) is 66.7 Å². The number of hydrogen-bond donors (Lipinski definition) is 0. The Morgan fingerprint density at radius 1 is 0.667 bits per heavy atom. The molecule has 30 heavy (non-hydrogen) atoms. The molecule has 0 aliphatic carbocycles. The van der Waals surface area contributed by atoms with Crippen molar-refractivity contribution in [3.8, 4) is 23.0 Å². The van der Waals surface area contributed by atoms with Crippen LogP contribution in [-0.4, -0.2) is 10.5 Å². The lowest BCUT2D eigenvalue weighted by atomic mass is 9.86. The Morgan fingerprint density at radius 2 is 1.10 bits per heavy atom. The average molecular weight is 443 g/mol. The molecule has 0 atom stereocenters. The van der Waals surface area contributed by atoms with E-state index in [0.29, 0.717) is 34.1 Å². The Kier molecular flexibility index (Phi) is 6.49. The molecule has 0 N–H and O–H groups in total. The van der Waals surface area contributed by atoms with E-state index < -0.39 is 10.5 Å². The van der Waals surface area contributed by atoms with Crippen LogP contribution in [0, 0.1) is 0 Å². The van der Waals surface area contributed by atoms with Crippen molar-refractivity contribution in [2.24, 2.45) is 0 Å². The van der Waals surface area contributed by atoms with Crippen molar-refractivity contribution in [1.29, 1.82) is 0 Å². The van der Waals surface area contributed by atoms with E-state index in [1.54, 1.807) is 48.5 Å². The third-order valence-electron chi connectivity index (χ3n) is 4.39. The molecule has 3 aromatic carbocycles. The van der Waals surface area contributed by atoms with Crippen molar-refractivity contribution in [3.63, 3.8) is 0 Å². The first kappa shape index (κ1) is 21.9. The van der Waals surface area contributed by atoms with Gasteiger partial charge in [-0.05, 0) is 95.3 Å². The Bertz CT molecular complexity index is 1070. The lowest BCUT2D eigenvalue weighted by Gasteiger charge is -2.23. The Labute approximate surface area is 185 Å². The van der Waals surface area contributed by atoms with E-state index in [1.165, 1.54) is 0 Å². The van der Waals surface area contributed by atoms with Crippen LogP contribution in [0.3, 0.4) is 0 Å². The maximum atomic E-state index is 11.2. The molecule has 0 radical (unpaired) electrons. The summed E-state index contributed by atoms with van der Waals surface area (Å²) in [4.78, 5) is 22.4. The van der Waals surface area contributed by atoms with E-state index >= 15 is 0 Å². The van der Waals surface area contributed by atoms with E-state index in [-0.39, 0.29) is 5.41 Å². The van der Waals surface area contributed by atoms with Crippen molar-refractivity contribution in [3.05, 3.63) is 83.4 Å². The molecule has 4 nitrogen and oxygen atoms in total. The topological polar surface area (TPSA) is 52.6 Å². The number of rotatable bonds is 6. The molecule has 0 saturated heterocycles. The quantitative estimate of drug-likeness (QED) is 0.375. The van der Waals surface area contributed by atoms with Crippen LogP contribution in [0.4, 0.5) is 0 Å². The number of ether oxygens (including phenoxy) is 2. The lowest BCUT2D eigenvalue weighted by Crippen LogP contribution is -2.12. The highest BCUT2D eigenvalue weighted by Crippen LogP contribution is 2.38. The minimum Gasteiger partial charge on any atom is -0.457 e. The molecular formula is C24H20Cl2O4. The van der Waals surface area contributed by atoms with Gasteiger partial charge in [-0.25, -0.2) is 0 Å². The Hall–Kier alpha value is -2.82. The van der Waals surface area contributed by atoms with Crippen molar-refractivity contribution >= 4 is 33.7 Å². The minimum absolute atomic E-state index is 0.213. The molecule has 3 aromatic rings. The van der Waals surface area contributed by atoms with Gasteiger partial charge in [0.2, 0.25) is 0 Å². The summed E-state index contributed by atoms with van der Waals surface area (Å²) < 4.78 is 12.0. The Morgan fingerprint density at radius 3 is 1.53 bits per heavy atom. The molecule has 3 rings (SSSR count). The molecular weight excluding hydrogens is 423 g/mol. The number of benzene rings is 3. The van der Waals surface area contributed by atoms with Gasteiger partial charge in [0.25, 0.3) is 10.5 Å². The normalized spacial score (nSPS) is 11.1. The molecule has 0 spiro atoms. The third kappa shape index (κ3) is 5.41. The summed E-state index contributed by atoms with van der Waals surface area (Å²) in [6.45, 7) is 6.24. The van der Waals surface area contributed by atoms with Gasteiger partial charge in [0, 0.05) is 16.7 Å². The lowest BCUT2D eigenvalue weighted by molar-refractivity contribution is 0.107. The fraction of sp³-hybridized carbons (Fsp3) is 0.167. The van der Waals surface area contributed by atoms with E-state index in [4.69, 9.17) is 32.7 Å². The van der Waals surface area contributed by atoms with Crippen LogP contribution in [0.2, 0.25) is 0 Å². The zero-order chi connectivity index (χ0) is 21.9. The maximum Gasteiger partial charge on any atom is 0.252 e. The first-order valence-electron chi connectivity index (χ1n) is 9.23. The predicted molar refractivity (Wildman–Crippen MR) is 119 cm³/mol. The third-order valence-corrected chi connectivity index (χ3v) is 4.82. The maximum absolute atomic E-state index is 11.2. The summed E-state index contributed by atoms with van der Waals surface area (Å²) in [5.74, 6) is 2.51. The molecule has 0 amide bonds. The fourth-order valence-corrected chi connectivity index (χ4v) is 3.07. The summed E-state index contributed by atoms with van der Waals surface area (Å²) in [6.07, 6.45) is 0. The second kappa shape index (κ2) is 8.90. The molecule has 0 aliphatic rings. The molecule has 0 aliphatic heterocycles. The van der Waals surface area contributed by atoms with Gasteiger partial charge < -0.3 is 9.47 Å². The summed E-state index contributed by atoms with van der Waals surface area (Å²) in [5.41, 5.74) is 1.55. The van der Waals surface area contributed by atoms with Gasteiger partial charge in [0.05, 0.1) is 0 Å². The molecule has 0 unspecified atom stereocenters. The average Bonchev–Trinajstić information content (AvgIpc) is 2.69. The van der Waals surface area contributed by atoms with E-state index in [2.05, 4.69) is 20.8 Å². The molecule has 0 aromatic heterocycles. The SMILES string of the molecule is CC(C)(C)c1cc(Oc2ccc(C(=O)Cl)cc2)ccc1Oc1ccc(C(=O)Cl)cc1. The van der Waals surface area contributed by atoms with Crippen molar-refractivity contribution in [1.82, 2.24) is 0 Å². The predicted octanol–water partition coefficient (Wildman–Crippen LogP) is 7.33. The highest BCUT2D eigenvalue weighted by atomic mass is 35.5. The molecule has 6 heteroatoms. The zero-order valence-corrected chi connectivity index (χ0v) is 18.3. The highest BCUT2D eigenvalue weighted by molar-refractivity contribution is 6.68. The second-order valence-electron chi connectivity index (χ2n) is 7.71. The van der Waals surface area contributed by atoms with E-state index in [0.717, 1.165) is 5.56 Å². The van der Waals surface area contributed by atoms with Gasteiger partial charge in [0.1, 0.15) is 23.0 Å². The zero-order valence-electron chi connectivity index (χ0n) is 16.7. The first-order valence-corrected chi connectivity index (χ1v) is 9.99. The largest absolute Gasteiger partial charge is 0.457 e. The number of carbonyl (C=O) groups is 2. The first-order chi connectivity index (χ1) is 14.1. The summed E-state index contributed by atoms with van der Waals surface area (Å²) >= 11 is 11.0. The van der Waals surface area contributed by atoms with Crippen LogP contribution in [0.5, 0.6) is 23.0 Å². The number of carbonyl (C=O) groups excluding carboxylic acids is 2. The summed E-state index contributed by atoms with van der Waals surface area (Å²) in [7, 11) is 0. The Balaban J connectivity index is 1.86. The van der Waals surface area contributed by atoms with Crippen molar-refractivity contribution in [2.75, 3.05) is 0 Å². The number of hydrogen-bond acceptors (Lipinski definition) is 4. The second-order valence-corrected chi connectivity index (χ2v) is 8.39. The van der Waals surface area contributed by atoms with Gasteiger partial charge in [-0.3, -0.25) is 9.59 Å². The number of halogens is 2. The van der Waals surface area contributed by atoms with Crippen molar-refractivity contribution in [2.45, 2.75) is 26.2 Å². The van der Waals surface area contributed by atoms with E-state index in [9.17, 15) is 9.59 Å². The highest BCUT2D eigenvalue weighted by Gasteiger charge is 2.21. The molecule has 0 saturated carbocycles. The summed E-state index contributed by atoms with van der Waals surface area (Å²) in [5, 5.41) is -1.02.